The van der Waals surface area contributed by atoms with Crippen LogP contribution in [0.1, 0.15) is 38.7 Å². The van der Waals surface area contributed by atoms with Gasteiger partial charge in [0.15, 0.2) is 0 Å². The Hall–Kier alpha value is -0.730. The Bertz CT molecular complexity index is 409. The van der Waals surface area contributed by atoms with Gasteiger partial charge in [-0.2, -0.15) is 0 Å². The summed E-state index contributed by atoms with van der Waals surface area (Å²) in [5.74, 6) is 1.03. The second kappa shape index (κ2) is 6.62. The molecule has 0 amide bonds. The molecule has 0 spiro atoms. The molecule has 0 aliphatic carbocycles. The highest BCUT2D eigenvalue weighted by Crippen LogP contribution is 2.43. The van der Waals surface area contributed by atoms with Crippen molar-refractivity contribution in [1.29, 1.82) is 0 Å². The molecule has 19 heavy (non-hydrogen) atoms. The number of rotatable bonds is 3. The Kier molecular flexibility index (Phi) is 5.69. The number of aromatic hydroxyl groups is 1. The molecule has 1 aromatic rings. The van der Waals surface area contributed by atoms with Crippen LogP contribution in [0.2, 0.25) is 0 Å². The summed E-state index contributed by atoms with van der Waals surface area (Å²) in [5, 5.41) is 9.75. The SMILES string of the molecule is CCC[C@]1(c2cccc(O)c2)CCN(C)C[C@@H]1C.Cl. The minimum atomic E-state index is 0. The number of likely N-dealkylation sites (tertiary alicyclic amines) is 1. The van der Waals surface area contributed by atoms with Gasteiger partial charge in [-0.15, -0.1) is 12.4 Å². The Labute approximate surface area is 123 Å². The molecule has 0 radical (unpaired) electrons. The van der Waals surface area contributed by atoms with Gasteiger partial charge in [0.2, 0.25) is 0 Å². The molecule has 1 aliphatic heterocycles. The normalized spacial score (nSPS) is 27.8. The fraction of sp³-hybridized carbons (Fsp3) is 0.625. The van der Waals surface area contributed by atoms with Crippen molar-refractivity contribution in [3.63, 3.8) is 0 Å². The lowest BCUT2D eigenvalue weighted by molar-refractivity contribution is 0.112. The highest BCUT2D eigenvalue weighted by Gasteiger charge is 2.40. The maximum atomic E-state index is 9.75. The molecule has 0 aromatic heterocycles. The molecule has 2 atom stereocenters. The Morgan fingerprint density at radius 3 is 2.74 bits per heavy atom. The number of halogens is 1. The van der Waals surface area contributed by atoms with Gasteiger partial charge in [-0.05, 0) is 50.0 Å². The van der Waals surface area contributed by atoms with Gasteiger partial charge < -0.3 is 10.0 Å². The van der Waals surface area contributed by atoms with Crippen LogP contribution in [0, 0.1) is 5.92 Å². The molecular formula is C16H26ClNO. The van der Waals surface area contributed by atoms with E-state index in [-0.39, 0.29) is 17.8 Å². The zero-order valence-electron chi connectivity index (χ0n) is 12.2. The van der Waals surface area contributed by atoms with E-state index in [0.29, 0.717) is 11.7 Å². The molecular weight excluding hydrogens is 258 g/mol. The fourth-order valence-electron chi connectivity index (χ4n) is 3.58. The first-order valence-corrected chi connectivity index (χ1v) is 7.06. The molecule has 2 nitrogen and oxygen atoms in total. The average Bonchev–Trinajstić information content (AvgIpc) is 2.33. The van der Waals surface area contributed by atoms with Crippen molar-refractivity contribution >= 4 is 12.4 Å². The average molecular weight is 284 g/mol. The van der Waals surface area contributed by atoms with Gasteiger partial charge in [0, 0.05) is 12.0 Å². The van der Waals surface area contributed by atoms with Crippen molar-refractivity contribution in [2.75, 3.05) is 20.1 Å². The zero-order chi connectivity index (χ0) is 13.2. The summed E-state index contributed by atoms with van der Waals surface area (Å²) in [7, 11) is 2.20. The first kappa shape index (κ1) is 16.3. The van der Waals surface area contributed by atoms with E-state index < -0.39 is 0 Å². The maximum absolute atomic E-state index is 9.75. The molecule has 3 heteroatoms. The van der Waals surface area contributed by atoms with Crippen LogP contribution in [0.5, 0.6) is 5.75 Å². The van der Waals surface area contributed by atoms with E-state index in [4.69, 9.17) is 0 Å². The number of benzene rings is 1. The molecule has 2 rings (SSSR count). The first-order valence-electron chi connectivity index (χ1n) is 7.06. The molecule has 1 heterocycles. The van der Waals surface area contributed by atoms with Gasteiger partial charge >= 0.3 is 0 Å². The number of hydrogen-bond acceptors (Lipinski definition) is 2. The lowest BCUT2D eigenvalue weighted by atomic mass is 9.64. The lowest BCUT2D eigenvalue weighted by Crippen LogP contribution is -2.47. The summed E-state index contributed by atoms with van der Waals surface area (Å²) in [4.78, 5) is 2.42. The van der Waals surface area contributed by atoms with Crippen LogP contribution in [0.4, 0.5) is 0 Å². The van der Waals surface area contributed by atoms with E-state index in [2.05, 4.69) is 31.9 Å². The fourth-order valence-corrected chi connectivity index (χ4v) is 3.58. The van der Waals surface area contributed by atoms with E-state index in [1.54, 1.807) is 6.07 Å². The second-order valence-corrected chi connectivity index (χ2v) is 5.87. The number of phenolic OH excluding ortho intramolecular Hbond substituents is 1. The van der Waals surface area contributed by atoms with Crippen LogP contribution < -0.4 is 0 Å². The minimum absolute atomic E-state index is 0. The van der Waals surface area contributed by atoms with Crippen LogP contribution in [-0.2, 0) is 5.41 Å². The summed E-state index contributed by atoms with van der Waals surface area (Å²) in [6.07, 6.45) is 3.61. The van der Waals surface area contributed by atoms with Crippen LogP contribution >= 0.6 is 12.4 Å². The third kappa shape index (κ3) is 3.24. The molecule has 108 valence electrons. The monoisotopic (exact) mass is 283 g/mol. The van der Waals surface area contributed by atoms with Crippen molar-refractivity contribution < 1.29 is 5.11 Å². The summed E-state index contributed by atoms with van der Waals surface area (Å²) < 4.78 is 0. The van der Waals surface area contributed by atoms with Gasteiger partial charge in [0.25, 0.3) is 0 Å². The molecule has 1 aliphatic rings. The molecule has 0 saturated carbocycles. The third-order valence-corrected chi connectivity index (χ3v) is 4.59. The highest BCUT2D eigenvalue weighted by atomic mass is 35.5. The van der Waals surface area contributed by atoms with Crippen LogP contribution in [-0.4, -0.2) is 30.1 Å². The van der Waals surface area contributed by atoms with Crippen molar-refractivity contribution in [2.45, 2.75) is 38.5 Å². The predicted molar refractivity (Wildman–Crippen MR) is 83.2 cm³/mol. The topological polar surface area (TPSA) is 23.5 Å². The molecule has 1 N–H and O–H groups in total. The number of phenols is 1. The summed E-state index contributed by atoms with van der Waals surface area (Å²) in [5.41, 5.74) is 1.57. The van der Waals surface area contributed by atoms with E-state index in [1.807, 2.05) is 12.1 Å². The zero-order valence-corrected chi connectivity index (χ0v) is 13.0. The first-order chi connectivity index (χ1) is 8.58. The Morgan fingerprint density at radius 1 is 1.42 bits per heavy atom. The standard InChI is InChI=1S/C16H25NO.ClH/c1-4-8-16(9-10-17(3)12-13(16)2)14-6-5-7-15(18)11-14;/h5-7,11,13,18H,4,8-10,12H2,1-3H3;1H/t13-,16-;/m0./s1. The van der Waals surface area contributed by atoms with Gasteiger partial charge in [0.1, 0.15) is 5.75 Å². The highest BCUT2D eigenvalue weighted by molar-refractivity contribution is 5.85. The third-order valence-electron chi connectivity index (χ3n) is 4.59. The van der Waals surface area contributed by atoms with Gasteiger partial charge in [-0.3, -0.25) is 0 Å². The summed E-state index contributed by atoms with van der Waals surface area (Å²) >= 11 is 0. The minimum Gasteiger partial charge on any atom is -0.508 e. The number of piperidine rings is 1. The van der Waals surface area contributed by atoms with Gasteiger partial charge in [0.05, 0.1) is 0 Å². The van der Waals surface area contributed by atoms with Crippen molar-refractivity contribution in [3.05, 3.63) is 29.8 Å². The summed E-state index contributed by atoms with van der Waals surface area (Å²) in [6, 6.07) is 7.91. The molecule has 0 bridgehead atoms. The van der Waals surface area contributed by atoms with Crippen LogP contribution in [0.25, 0.3) is 0 Å². The van der Waals surface area contributed by atoms with E-state index in [0.717, 1.165) is 13.1 Å². The summed E-state index contributed by atoms with van der Waals surface area (Å²) in [6.45, 7) is 6.92. The van der Waals surface area contributed by atoms with Gasteiger partial charge in [-0.25, -0.2) is 0 Å². The largest absolute Gasteiger partial charge is 0.508 e. The smallest absolute Gasteiger partial charge is 0.115 e. The maximum Gasteiger partial charge on any atom is 0.115 e. The van der Waals surface area contributed by atoms with E-state index in [9.17, 15) is 5.11 Å². The van der Waals surface area contributed by atoms with Gasteiger partial charge in [-0.1, -0.05) is 32.4 Å². The quantitative estimate of drug-likeness (QED) is 0.911. The molecule has 1 saturated heterocycles. The van der Waals surface area contributed by atoms with Crippen molar-refractivity contribution in [1.82, 2.24) is 4.90 Å². The van der Waals surface area contributed by atoms with E-state index in [1.165, 1.54) is 24.8 Å². The lowest BCUT2D eigenvalue weighted by Gasteiger charge is -2.46. The number of nitrogens with zero attached hydrogens (tertiary/aromatic N) is 1. The Morgan fingerprint density at radius 2 is 2.16 bits per heavy atom. The molecule has 0 unspecified atom stereocenters. The molecule has 1 fully saturated rings. The Balaban J connectivity index is 0.00000180. The predicted octanol–water partition coefficient (Wildman–Crippen LogP) is 3.82. The number of hydrogen-bond donors (Lipinski definition) is 1. The van der Waals surface area contributed by atoms with E-state index >= 15 is 0 Å². The molecule has 1 aromatic carbocycles. The van der Waals surface area contributed by atoms with Crippen LogP contribution in [0.15, 0.2) is 24.3 Å². The van der Waals surface area contributed by atoms with Crippen LogP contribution in [0.3, 0.4) is 0 Å². The second-order valence-electron chi connectivity index (χ2n) is 5.87. The van der Waals surface area contributed by atoms with Crippen molar-refractivity contribution in [2.24, 2.45) is 5.92 Å². The van der Waals surface area contributed by atoms with Crippen molar-refractivity contribution in [3.8, 4) is 5.75 Å².